The fourth-order valence-electron chi connectivity index (χ4n) is 3.92. The molecule has 1 aliphatic heterocycles. The van der Waals surface area contributed by atoms with E-state index in [1.807, 2.05) is 0 Å². The Hall–Kier alpha value is -0.890. The summed E-state index contributed by atoms with van der Waals surface area (Å²) in [6.07, 6.45) is 4.63. The van der Waals surface area contributed by atoms with Crippen molar-refractivity contribution < 1.29 is 4.39 Å². The lowest BCUT2D eigenvalue weighted by molar-refractivity contribution is 0.0598. The minimum atomic E-state index is -0.925. The van der Waals surface area contributed by atoms with Crippen molar-refractivity contribution in [1.82, 2.24) is 4.90 Å². The Morgan fingerprint density at radius 1 is 1.14 bits per heavy atom. The number of alkyl halides is 1. The van der Waals surface area contributed by atoms with E-state index in [9.17, 15) is 4.39 Å². The molecule has 0 saturated heterocycles. The van der Waals surface area contributed by atoms with Gasteiger partial charge in [0.05, 0.1) is 0 Å². The van der Waals surface area contributed by atoms with Gasteiger partial charge in [-0.15, -0.1) is 0 Å². The molecule has 0 radical (unpaired) electrons. The molecule has 1 nitrogen and oxygen atoms in total. The standard InChI is InChI=1S/C20H30FN/c1-19(2,3)17-6-5-16-14-22(12-9-15(16)13-17)18-7-10-20(4,21)11-8-18/h5-6,13,18H,7-12,14H2,1-4H3. The van der Waals surface area contributed by atoms with E-state index in [4.69, 9.17) is 0 Å². The monoisotopic (exact) mass is 303 g/mol. The van der Waals surface area contributed by atoms with Gasteiger partial charge in [-0.1, -0.05) is 39.0 Å². The molecule has 1 saturated carbocycles. The van der Waals surface area contributed by atoms with Crippen molar-refractivity contribution in [3.8, 4) is 0 Å². The van der Waals surface area contributed by atoms with Crippen LogP contribution in [0.1, 0.15) is 70.1 Å². The lowest BCUT2D eigenvalue weighted by atomic mass is 9.82. The zero-order chi connectivity index (χ0) is 16.0. The van der Waals surface area contributed by atoms with Gasteiger partial charge < -0.3 is 0 Å². The Kier molecular flexibility index (Phi) is 4.09. The highest BCUT2D eigenvalue weighted by Gasteiger charge is 2.34. The maximum absolute atomic E-state index is 14.0. The number of hydrogen-bond donors (Lipinski definition) is 0. The first-order chi connectivity index (χ1) is 10.2. The van der Waals surface area contributed by atoms with Crippen LogP contribution in [0.4, 0.5) is 4.39 Å². The fourth-order valence-corrected chi connectivity index (χ4v) is 3.92. The van der Waals surface area contributed by atoms with Gasteiger partial charge in [-0.3, -0.25) is 4.90 Å². The molecule has 1 aromatic rings. The van der Waals surface area contributed by atoms with Gasteiger partial charge in [0.15, 0.2) is 0 Å². The first-order valence-electron chi connectivity index (χ1n) is 8.80. The van der Waals surface area contributed by atoms with Crippen molar-refractivity contribution in [3.05, 3.63) is 34.9 Å². The average molecular weight is 303 g/mol. The van der Waals surface area contributed by atoms with Crippen molar-refractivity contribution in [1.29, 1.82) is 0 Å². The van der Waals surface area contributed by atoms with E-state index >= 15 is 0 Å². The fraction of sp³-hybridized carbons (Fsp3) is 0.700. The van der Waals surface area contributed by atoms with E-state index < -0.39 is 5.67 Å². The third-order valence-corrected chi connectivity index (χ3v) is 5.63. The van der Waals surface area contributed by atoms with Crippen LogP contribution in [-0.2, 0) is 18.4 Å². The Morgan fingerprint density at radius 3 is 2.45 bits per heavy atom. The van der Waals surface area contributed by atoms with Gasteiger partial charge in [-0.25, -0.2) is 4.39 Å². The molecule has 22 heavy (non-hydrogen) atoms. The minimum absolute atomic E-state index is 0.223. The predicted octanol–water partition coefficient (Wildman–Crippen LogP) is 5.01. The van der Waals surface area contributed by atoms with Gasteiger partial charge in [0.2, 0.25) is 0 Å². The minimum Gasteiger partial charge on any atom is -0.296 e. The van der Waals surface area contributed by atoms with Crippen LogP contribution in [0.25, 0.3) is 0 Å². The largest absolute Gasteiger partial charge is 0.296 e. The first kappa shape index (κ1) is 16.0. The van der Waals surface area contributed by atoms with Gasteiger partial charge >= 0.3 is 0 Å². The number of hydrogen-bond acceptors (Lipinski definition) is 1. The Morgan fingerprint density at radius 2 is 1.82 bits per heavy atom. The van der Waals surface area contributed by atoms with Crippen molar-refractivity contribution in [2.45, 2.75) is 83.5 Å². The van der Waals surface area contributed by atoms with E-state index in [2.05, 4.69) is 43.9 Å². The summed E-state index contributed by atoms with van der Waals surface area (Å²) >= 11 is 0. The molecule has 1 heterocycles. The topological polar surface area (TPSA) is 3.24 Å². The lowest BCUT2D eigenvalue weighted by Crippen LogP contribution is -2.43. The molecular formula is C20H30FN. The molecule has 122 valence electrons. The quantitative estimate of drug-likeness (QED) is 0.704. The zero-order valence-corrected chi connectivity index (χ0v) is 14.6. The predicted molar refractivity (Wildman–Crippen MR) is 91.0 cm³/mol. The van der Waals surface area contributed by atoms with E-state index in [1.165, 1.54) is 16.7 Å². The molecule has 0 spiro atoms. The molecule has 0 N–H and O–H groups in total. The van der Waals surface area contributed by atoms with E-state index in [0.717, 1.165) is 45.2 Å². The number of halogens is 1. The molecule has 0 bridgehead atoms. The second-order valence-corrected chi connectivity index (χ2v) is 8.60. The van der Waals surface area contributed by atoms with Gasteiger partial charge in [0.25, 0.3) is 0 Å². The molecule has 0 amide bonds. The summed E-state index contributed by atoms with van der Waals surface area (Å²) in [6, 6.07) is 7.61. The number of nitrogens with zero attached hydrogens (tertiary/aromatic N) is 1. The summed E-state index contributed by atoms with van der Waals surface area (Å²) in [6.45, 7) is 10.8. The molecule has 1 fully saturated rings. The Labute approximate surface area is 134 Å². The highest BCUT2D eigenvalue weighted by molar-refractivity contribution is 5.36. The van der Waals surface area contributed by atoms with Crippen molar-refractivity contribution in [2.75, 3.05) is 6.54 Å². The van der Waals surface area contributed by atoms with Crippen LogP contribution < -0.4 is 0 Å². The lowest BCUT2D eigenvalue weighted by Gasteiger charge is -2.40. The van der Waals surface area contributed by atoms with Gasteiger partial charge in [-0.05, 0) is 61.1 Å². The van der Waals surface area contributed by atoms with Crippen molar-refractivity contribution in [2.24, 2.45) is 0 Å². The van der Waals surface area contributed by atoms with Crippen LogP contribution in [0.5, 0.6) is 0 Å². The van der Waals surface area contributed by atoms with Crippen molar-refractivity contribution in [3.63, 3.8) is 0 Å². The number of benzene rings is 1. The van der Waals surface area contributed by atoms with Gasteiger partial charge in [-0.2, -0.15) is 0 Å². The van der Waals surface area contributed by atoms with E-state index in [1.54, 1.807) is 6.92 Å². The molecule has 2 heteroatoms. The Balaban J connectivity index is 1.70. The third-order valence-electron chi connectivity index (χ3n) is 5.63. The summed E-state index contributed by atoms with van der Waals surface area (Å²) in [5, 5.41) is 0. The number of rotatable bonds is 1. The van der Waals surface area contributed by atoms with Crippen molar-refractivity contribution >= 4 is 0 Å². The smallest absolute Gasteiger partial charge is 0.108 e. The van der Waals surface area contributed by atoms with Crippen LogP contribution >= 0.6 is 0 Å². The molecule has 0 aromatic heterocycles. The van der Waals surface area contributed by atoms with Crippen LogP contribution in [0.15, 0.2) is 18.2 Å². The van der Waals surface area contributed by atoms with E-state index in [0.29, 0.717) is 6.04 Å². The maximum Gasteiger partial charge on any atom is 0.108 e. The highest BCUT2D eigenvalue weighted by atomic mass is 19.1. The molecule has 1 aromatic carbocycles. The van der Waals surface area contributed by atoms with Crippen LogP contribution in [0, 0.1) is 0 Å². The normalized spacial score (nSPS) is 30.1. The molecule has 2 aliphatic rings. The highest BCUT2D eigenvalue weighted by Crippen LogP contribution is 2.35. The first-order valence-corrected chi connectivity index (χ1v) is 8.80. The summed E-state index contributed by atoms with van der Waals surface area (Å²) in [5.74, 6) is 0. The second kappa shape index (κ2) is 5.63. The zero-order valence-electron chi connectivity index (χ0n) is 14.6. The van der Waals surface area contributed by atoms with Gasteiger partial charge in [0.1, 0.15) is 5.67 Å². The van der Waals surface area contributed by atoms with Crippen LogP contribution in [-0.4, -0.2) is 23.2 Å². The van der Waals surface area contributed by atoms with Crippen LogP contribution in [0.3, 0.4) is 0 Å². The van der Waals surface area contributed by atoms with Crippen LogP contribution in [0.2, 0.25) is 0 Å². The summed E-state index contributed by atoms with van der Waals surface area (Å²) in [7, 11) is 0. The molecule has 0 unspecified atom stereocenters. The SMILES string of the molecule is CC1(F)CCC(N2CCc3cc(C(C)(C)C)ccc3C2)CC1. The summed E-state index contributed by atoms with van der Waals surface area (Å²) < 4.78 is 14.0. The summed E-state index contributed by atoms with van der Waals surface area (Å²) in [4.78, 5) is 2.59. The Bertz CT molecular complexity index is 531. The molecule has 3 rings (SSSR count). The van der Waals surface area contributed by atoms with E-state index in [-0.39, 0.29) is 5.41 Å². The number of fused-ring (bicyclic) bond motifs is 1. The maximum atomic E-state index is 14.0. The third kappa shape index (κ3) is 3.37. The molecule has 1 aliphatic carbocycles. The second-order valence-electron chi connectivity index (χ2n) is 8.60. The molecular weight excluding hydrogens is 273 g/mol. The molecule has 0 atom stereocenters. The van der Waals surface area contributed by atoms with Gasteiger partial charge in [0, 0.05) is 19.1 Å². The summed E-state index contributed by atoms with van der Waals surface area (Å²) in [5.41, 5.74) is 3.74. The average Bonchev–Trinajstić information content (AvgIpc) is 2.45.